The molecule has 0 aliphatic heterocycles. The number of likely N-dealkylation sites (N-methyl/N-ethyl adjacent to an activating group) is 1. The predicted octanol–water partition coefficient (Wildman–Crippen LogP) is 3.16. The molecule has 4 fully saturated rings. The smallest absolute Gasteiger partial charge is 0.133 e. The van der Waals surface area contributed by atoms with Crippen LogP contribution in [0.4, 0.5) is 0 Å². The minimum Gasteiger partial charge on any atom is -0.391 e. The van der Waals surface area contributed by atoms with Crippen molar-refractivity contribution in [3.8, 4) is 0 Å². The van der Waals surface area contributed by atoms with Crippen molar-refractivity contribution in [1.82, 2.24) is 5.32 Å². The van der Waals surface area contributed by atoms with Gasteiger partial charge in [-0.3, -0.25) is 4.79 Å². The molecule has 0 heterocycles. The van der Waals surface area contributed by atoms with E-state index in [-0.39, 0.29) is 17.6 Å². The van der Waals surface area contributed by atoms with Gasteiger partial charge in [0.05, 0.1) is 6.10 Å². The summed E-state index contributed by atoms with van der Waals surface area (Å²) < 4.78 is 0. The average molecular weight is 319 g/mol. The highest BCUT2D eigenvalue weighted by molar-refractivity contribution is 5.79. The van der Waals surface area contributed by atoms with Crippen LogP contribution in [0.1, 0.15) is 65.2 Å². The largest absolute Gasteiger partial charge is 0.391 e. The van der Waals surface area contributed by atoms with E-state index in [2.05, 4.69) is 19.2 Å². The second kappa shape index (κ2) is 5.29. The van der Waals surface area contributed by atoms with Crippen LogP contribution in [0.3, 0.4) is 0 Å². The summed E-state index contributed by atoms with van der Waals surface area (Å²) in [6.45, 7) is 4.91. The lowest BCUT2D eigenvalue weighted by molar-refractivity contribution is -0.138. The maximum Gasteiger partial charge on any atom is 0.133 e. The minimum absolute atomic E-state index is 0.188. The Bertz CT molecular complexity index is 506. The number of aliphatic hydroxyl groups is 1. The first-order valence-corrected chi connectivity index (χ1v) is 9.77. The van der Waals surface area contributed by atoms with Gasteiger partial charge in [0, 0.05) is 18.9 Å². The zero-order valence-corrected chi connectivity index (χ0v) is 15.0. The monoisotopic (exact) mass is 319 g/mol. The summed E-state index contributed by atoms with van der Waals surface area (Å²) in [5.74, 6) is 3.31. The Morgan fingerprint density at radius 3 is 2.61 bits per heavy atom. The molecule has 0 aromatic carbocycles. The van der Waals surface area contributed by atoms with E-state index >= 15 is 0 Å². The number of fused-ring (bicyclic) bond motifs is 5. The van der Waals surface area contributed by atoms with Gasteiger partial charge in [0.2, 0.25) is 0 Å². The SMILES string of the molecule is CN[C@@H]1[C@@H](O)C[C@H]2[C@@H]3CC[C@H]4CC(=O)CC[C@]4(C)[C@H]3CC[C@]12C. The van der Waals surface area contributed by atoms with Crippen LogP contribution < -0.4 is 5.32 Å². The van der Waals surface area contributed by atoms with Crippen molar-refractivity contribution in [1.29, 1.82) is 0 Å². The molecule has 3 nitrogen and oxygen atoms in total. The van der Waals surface area contributed by atoms with Gasteiger partial charge in [-0.05, 0) is 80.1 Å². The van der Waals surface area contributed by atoms with Gasteiger partial charge in [-0.25, -0.2) is 0 Å². The Hall–Kier alpha value is -0.410. The average Bonchev–Trinajstić information content (AvgIpc) is 2.77. The molecule has 0 aromatic heterocycles. The van der Waals surface area contributed by atoms with Crippen LogP contribution in [0, 0.1) is 34.5 Å². The highest BCUT2D eigenvalue weighted by atomic mass is 16.3. The summed E-state index contributed by atoms with van der Waals surface area (Å²) in [5.41, 5.74) is 0.629. The molecule has 0 aromatic rings. The van der Waals surface area contributed by atoms with Gasteiger partial charge < -0.3 is 10.4 Å². The van der Waals surface area contributed by atoms with Gasteiger partial charge in [0.15, 0.2) is 0 Å². The molecule has 4 rings (SSSR count). The van der Waals surface area contributed by atoms with Crippen molar-refractivity contribution >= 4 is 5.78 Å². The van der Waals surface area contributed by atoms with Gasteiger partial charge in [0.1, 0.15) is 5.78 Å². The summed E-state index contributed by atoms with van der Waals surface area (Å²) >= 11 is 0. The number of rotatable bonds is 1. The van der Waals surface area contributed by atoms with Crippen LogP contribution in [0.25, 0.3) is 0 Å². The minimum atomic E-state index is -0.188. The first kappa shape index (κ1) is 16.1. The van der Waals surface area contributed by atoms with E-state index in [1.807, 2.05) is 7.05 Å². The number of hydrogen-bond donors (Lipinski definition) is 2. The molecule has 0 bridgehead atoms. The van der Waals surface area contributed by atoms with E-state index < -0.39 is 0 Å². The van der Waals surface area contributed by atoms with Crippen LogP contribution in [-0.2, 0) is 4.79 Å². The standard InChI is InChI=1S/C20H33NO2/c1-19-8-6-13(22)10-12(19)4-5-14-15(19)7-9-20(2)16(14)11-17(23)18(20)21-3/h12,14-18,21,23H,4-11H2,1-3H3/t12-,14+,15-,16-,17-,18+,19-,20-/m0/s1. The van der Waals surface area contributed by atoms with Crippen molar-refractivity contribution < 1.29 is 9.90 Å². The summed E-state index contributed by atoms with van der Waals surface area (Å²) in [6.07, 6.45) is 8.58. The van der Waals surface area contributed by atoms with Crippen molar-refractivity contribution in [3.63, 3.8) is 0 Å². The molecule has 0 unspecified atom stereocenters. The third-order valence-corrected chi connectivity index (χ3v) is 8.82. The van der Waals surface area contributed by atoms with Gasteiger partial charge in [-0.2, -0.15) is 0 Å². The Labute approximate surface area is 140 Å². The zero-order chi connectivity index (χ0) is 16.4. The molecule has 4 aliphatic carbocycles. The molecule has 0 radical (unpaired) electrons. The normalized spacial score (nSPS) is 55.9. The second-order valence-electron chi connectivity index (χ2n) is 9.51. The third-order valence-electron chi connectivity index (χ3n) is 8.82. The summed E-state index contributed by atoms with van der Waals surface area (Å²) in [4.78, 5) is 11.9. The fourth-order valence-electron chi connectivity index (χ4n) is 7.58. The third kappa shape index (κ3) is 2.12. The first-order valence-electron chi connectivity index (χ1n) is 9.77. The zero-order valence-electron chi connectivity index (χ0n) is 15.0. The molecule has 0 saturated heterocycles. The molecular weight excluding hydrogens is 286 g/mol. The fraction of sp³-hybridized carbons (Fsp3) is 0.950. The fourth-order valence-corrected chi connectivity index (χ4v) is 7.58. The molecular formula is C20H33NO2. The van der Waals surface area contributed by atoms with E-state index in [1.165, 1.54) is 25.7 Å². The predicted molar refractivity (Wildman–Crippen MR) is 91.0 cm³/mol. The molecule has 4 aliphatic rings. The number of carbonyl (C=O) groups excluding carboxylic acids is 1. The Kier molecular flexibility index (Phi) is 3.70. The summed E-state index contributed by atoms with van der Waals surface area (Å²) in [5, 5.41) is 14.0. The second-order valence-corrected chi connectivity index (χ2v) is 9.51. The van der Waals surface area contributed by atoms with Crippen molar-refractivity contribution in [2.75, 3.05) is 7.05 Å². The van der Waals surface area contributed by atoms with Crippen LogP contribution >= 0.6 is 0 Å². The lowest BCUT2D eigenvalue weighted by atomic mass is 9.45. The highest BCUT2D eigenvalue weighted by Gasteiger charge is 2.61. The van der Waals surface area contributed by atoms with Gasteiger partial charge >= 0.3 is 0 Å². The van der Waals surface area contributed by atoms with Crippen LogP contribution in [0.15, 0.2) is 0 Å². The molecule has 8 atom stereocenters. The Morgan fingerprint density at radius 1 is 1.09 bits per heavy atom. The number of carbonyl (C=O) groups is 1. The van der Waals surface area contributed by atoms with E-state index in [9.17, 15) is 9.90 Å². The van der Waals surface area contributed by atoms with E-state index in [0.29, 0.717) is 23.0 Å². The van der Waals surface area contributed by atoms with Gasteiger partial charge in [-0.15, -0.1) is 0 Å². The van der Waals surface area contributed by atoms with Crippen molar-refractivity contribution in [2.45, 2.75) is 77.4 Å². The molecule has 0 spiro atoms. The Morgan fingerprint density at radius 2 is 1.87 bits per heavy atom. The van der Waals surface area contributed by atoms with Crippen LogP contribution in [0.5, 0.6) is 0 Å². The maximum absolute atomic E-state index is 11.9. The molecule has 23 heavy (non-hydrogen) atoms. The topological polar surface area (TPSA) is 49.3 Å². The number of ketones is 1. The van der Waals surface area contributed by atoms with Crippen molar-refractivity contribution in [2.24, 2.45) is 34.5 Å². The van der Waals surface area contributed by atoms with E-state index in [0.717, 1.165) is 37.5 Å². The van der Waals surface area contributed by atoms with Crippen LogP contribution in [-0.4, -0.2) is 30.1 Å². The van der Waals surface area contributed by atoms with E-state index in [4.69, 9.17) is 0 Å². The Balaban J connectivity index is 1.63. The molecule has 3 heteroatoms. The number of hydrogen-bond acceptors (Lipinski definition) is 3. The number of aliphatic hydroxyl groups excluding tert-OH is 1. The molecule has 0 amide bonds. The summed E-state index contributed by atoms with van der Waals surface area (Å²) in [6, 6.07) is 0.256. The van der Waals surface area contributed by atoms with Crippen LogP contribution in [0.2, 0.25) is 0 Å². The first-order chi connectivity index (χ1) is 10.9. The lowest BCUT2D eigenvalue weighted by Crippen LogP contribution is -2.55. The highest BCUT2D eigenvalue weighted by Crippen LogP contribution is 2.65. The quantitative estimate of drug-likeness (QED) is 0.780. The molecule has 4 saturated carbocycles. The molecule has 2 N–H and O–H groups in total. The lowest BCUT2D eigenvalue weighted by Gasteiger charge is -2.60. The number of nitrogens with one attached hydrogen (secondary N) is 1. The van der Waals surface area contributed by atoms with Gasteiger partial charge in [-0.1, -0.05) is 13.8 Å². The maximum atomic E-state index is 11.9. The molecule has 130 valence electrons. The van der Waals surface area contributed by atoms with Crippen molar-refractivity contribution in [3.05, 3.63) is 0 Å². The van der Waals surface area contributed by atoms with Gasteiger partial charge in [0.25, 0.3) is 0 Å². The number of Topliss-reactive ketones (excluding diaryl/α,β-unsaturated/α-hetero) is 1. The van der Waals surface area contributed by atoms with E-state index in [1.54, 1.807) is 0 Å². The summed E-state index contributed by atoms with van der Waals surface area (Å²) in [7, 11) is 2.01.